The lowest BCUT2D eigenvalue weighted by Gasteiger charge is -2.26. The largest absolute Gasteiger partial charge is 0.507 e. The number of pyridine rings is 1. The molecule has 3 aromatic rings. The third-order valence-electron chi connectivity index (χ3n) is 6.27. The zero-order chi connectivity index (χ0) is 23.9. The smallest absolute Gasteiger partial charge is 0.242 e. The van der Waals surface area contributed by atoms with Gasteiger partial charge in [0, 0.05) is 31.9 Å². The summed E-state index contributed by atoms with van der Waals surface area (Å²) in [4.78, 5) is 20.0. The number of rotatable bonds is 9. The van der Waals surface area contributed by atoms with Crippen LogP contribution in [0.15, 0.2) is 60.7 Å². The van der Waals surface area contributed by atoms with Gasteiger partial charge in [0.15, 0.2) is 0 Å². The number of nitrogens with zero attached hydrogens (tertiary/aromatic N) is 2. The van der Waals surface area contributed by atoms with Crippen LogP contribution >= 0.6 is 0 Å². The van der Waals surface area contributed by atoms with E-state index in [1.54, 1.807) is 12.1 Å². The second-order valence-electron chi connectivity index (χ2n) is 8.62. The van der Waals surface area contributed by atoms with Crippen LogP contribution in [0.2, 0.25) is 0 Å². The van der Waals surface area contributed by atoms with Crippen molar-refractivity contribution in [3.05, 3.63) is 66.2 Å². The highest BCUT2D eigenvalue weighted by atomic mass is 16.5. The number of phenols is 1. The number of carbonyl (C=O) groups is 1. The molecular weight excluding hydrogens is 426 g/mol. The Bertz CT molecular complexity index is 1070. The van der Waals surface area contributed by atoms with Gasteiger partial charge in [-0.1, -0.05) is 36.4 Å². The van der Waals surface area contributed by atoms with Gasteiger partial charge in [0.25, 0.3) is 0 Å². The highest BCUT2D eigenvalue weighted by molar-refractivity contribution is 5.86. The van der Waals surface area contributed by atoms with Crippen LogP contribution in [-0.4, -0.2) is 48.3 Å². The van der Waals surface area contributed by atoms with Crippen LogP contribution < -0.4 is 10.2 Å². The molecule has 2 aromatic carbocycles. The van der Waals surface area contributed by atoms with Crippen LogP contribution in [-0.2, 0) is 9.53 Å². The Morgan fingerprint density at radius 3 is 2.68 bits per heavy atom. The van der Waals surface area contributed by atoms with Crippen molar-refractivity contribution in [2.75, 3.05) is 31.2 Å². The molecule has 2 heterocycles. The minimum absolute atomic E-state index is 0.0289. The fourth-order valence-corrected chi connectivity index (χ4v) is 4.51. The van der Waals surface area contributed by atoms with Gasteiger partial charge in [0.2, 0.25) is 5.91 Å². The van der Waals surface area contributed by atoms with E-state index < -0.39 is 0 Å². The van der Waals surface area contributed by atoms with Gasteiger partial charge in [-0.15, -0.1) is 0 Å². The molecule has 1 amide bonds. The van der Waals surface area contributed by atoms with E-state index in [1.807, 2.05) is 37.3 Å². The fourth-order valence-electron chi connectivity index (χ4n) is 4.51. The molecule has 1 aromatic heterocycles. The van der Waals surface area contributed by atoms with E-state index >= 15 is 0 Å². The molecule has 2 N–H and O–H groups in total. The second kappa shape index (κ2) is 11.2. The third-order valence-corrected chi connectivity index (χ3v) is 6.27. The van der Waals surface area contributed by atoms with E-state index in [-0.39, 0.29) is 17.7 Å². The molecule has 6 heteroatoms. The maximum absolute atomic E-state index is 13.0. The number of phenolic OH excluding ortho intramolecular Hbond substituents is 1. The average molecular weight is 460 g/mol. The molecule has 1 saturated heterocycles. The van der Waals surface area contributed by atoms with E-state index in [0.29, 0.717) is 31.0 Å². The van der Waals surface area contributed by atoms with Crippen LogP contribution in [0.25, 0.3) is 22.4 Å². The summed E-state index contributed by atoms with van der Waals surface area (Å²) in [6.45, 7) is 6.76. The summed E-state index contributed by atoms with van der Waals surface area (Å²) >= 11 is 0. The molecule has 0 aliphatic carbocycles. The van der Waals surface area contributed by atoms with Crippen LogP contribution in [0.3, 0.4) is 0 Å². The number of carbonyl (C=O) groups excluding carboxylic acids is 1. The number of hydrogen-bond acceptors (Lipinski definition) is 5. The van der Waals surface area contributed by atoms with Gasteiger partial charge in [-0.05, 0) is 74.1 Å². The van der Waals surface area contributed by atoms with E-state index in [2.05, 4.69) is 35.3 Å². The highest BCUT2D eigenvalue weighted by Crippen LogP contribution is 2.36. The van der Waals surface area contributed by atoms with Crippen molar-refractivity contribution in [3.8, 4) is 28.1 Å². The van der Waals surface area contributed by atoms with Crippen molar-refractivity contribution in [2.24, 2.45) is 0 Å². The molecule has 4 rings (SSSR count). The molecule has 1 fully saturated rings. The molecule has 1 aliphatic heterocycles. The topological polar surface area (TPSA) is 74.7 Å². The zero-order valence-corrected chi connectivity index (χ0v) is 20.0. The number of aromatic nitrogens is 1. The van der Waals surface area contributed by atoms with Gasteiger partial charge in [-0.25, -0.2) is 4.98 Å². The number of aryl methyl sites for hydroxylation is 1. The molecule has 0 saturated carbocycles. The lowest BCUT2D eigenvalue weighted by Crippen LogP contribution is -2.44. The summed E-state index contributed by atoms with van der Waals surface area (Å²) in [6.07, 6.45) is 2.52. The number of benzene rings is 2. The lowest BCUT2D eigenvalue weighted by molar-refractivity contribution is -0.122. The van der Waals surface area contributed by atoms with Gasteiger partial charge in [0.1, 0.15) is 17.6 Å². The molecule has 6 nitrogen and oxygen atoms in total. The first-order valence-electron chi connectivity index (χ1n) is 12.1. The molecular formula is C28H33N3O3. The maximum atomic E-state index is 13.0. The number of hydrogen-bond donors (Lipinski definition) is 2. The third kappa shape index (κ3) is 5.39. The SMILES string of the molecule is CCOCCCNC(=O)[C@@H]1CCCN1c1cc(-c2ccccc2C)cc(-c2ccccc2O)n1. The summed E-state index contributed by atoms with van der Waals surface area (Å²) in [5.41, 5.74) is 4.66. The Labute approximate surface area is 201 Å². The maximum Gasteiger partial charge on any atom is 0.242 e. The van der Waals surface area contributed by atoms with Crippen molar-refractivity contribution in [3.63, 3.8) is 0 Å². The first-order valence-corrected chi connectivity index (χ1v) is 12.1. The van der Waals surface area contributed by atoms with Crippen molar-refractivity contribution >= 4 is 11.7 Å². The molecule has 0 unspecified atom stereocenters. The number of amides is 1. The Morgan fingerprint density at radius 2 is 1.91 bits per heavy atom. The van der Waals surface area contributed by atoms with Gasteiger partial charge < -0.3 is 20.1 Å². The fraction of sp³-hybridized carbons (Fsp3) is 0.357. The van der Waals surface area contributed by atoms with Crippen molar-refractivity contribution in [1.29, 1.82) is 0 Å². The number of para-hydroxylation sites is 1. The normalized spacial score (nSPS) is 15.5. The number of ether oxygens (including phenoxy) is 1. The van der Waals surface area contributed by atoms with Crippen molar-refractivity contribution in [1.82, 2.24) is 10.3 Å². The minimum Gasteiger partial charge on any atom is -0.507 e. The highest BCUT2D eigenvalue weighted by Gasteiger charge is 2.32. The summed E-state index contributed by atoms with van der Waals surface area (Å²) < 4.78 is 5.37. The van der Waals surface area contributed by atoms with Crippen molar-refractivity contribution < 1.29 is 14.6 Å². The molecule has 1 atom stereocenters. The molecule has 0 bridgehead atoms. The molecule has 0 radical (unpaired) electrons. The Balaban J connectivity index is 1.67. The molecule has 178 valence electrons. The van der Waals surface area contributed by atoms with E-state index in [9.17, 15) is 9.90 Å². The monoisotopic (exact) mass is 459 g/mol. The summed E-state index contributed by atoms with van der Waals surface area (Å²) in [6, 6.07) is 19.3. The first-order chi connectivity index (χ1) is 16.6. The second-order valence-corrected chi connectivity index (χ2v) is 8.62. The van der Waals surface area contributed by atoms with E-state index in [4.69, 9.17) is 9.72 Å². The number of aromatic hydroxyl groups is 1. The average Bonchev–Trinajstić information content (AvgIpc) is 3.34. The van der Waals surface area contributed by atoms with Gasteiger partial charge in [0.05, 0.1) is 5.69 Å². The number of nitrogens with one attached hydrogen (secondary N) is 1. The summed E-state index contributed by atoms with van der Waals surface area (Å²) in [5.74, 6) is 0.972. The van der Waals surface area contributed by atoms with Crippen LogP contribution in [0.5, 0.6) is 5.75 Å². The predicted octanol–water partition coefficient (Wildman–Crippen LogP) is 4.94. The minimum atomic E-state index is -0.260. The first kappa shape index (κ1) is 23.8. The predicted molar refractivity (Wildman–Crippen MR) is 136 cm³/mol. The molecule has 1 aliphatic rings. The Hall–Kier alpha value is -3.38. The quantitative estimate of drug-likeness (QED) is 0.443. The van der Waals surface area contributed by atoms with Gasteiger partial charge in [-0.3, -0.25) is 4.79 Å². The van der Waals surface area contributed by atoms with Crippen molar-refractivity contribution in [2.45, 2.75) is 39.2 Å². The lowest BCUT2D eigenvalue weighted by atomic mass is 9.99. The molecule has 34 heavy (non-hydrogen) atoms. The number of anilines is 1. The van der Waals surface area contributed by atoms with E-state index in [0.717, 1.165) is 48.3 Å². The van der Waals surface area contributed by atoms with Gasteiger partial charge in [-0.2, -0.15) is 0 Å². The summed E-state index contributed by atoms with van der Waals surface area (Å²) in [7, 11) is 0. The summed E-state index contributed by atoms with van der Waals surface area (Å²) in [5, 5.41) is 13.6. The Kier molecular flexibility index (Phi) is 7.80. The zero-order valence-electron chi connectivity index (χ0n) is 20.0. The van der Waals surface area contributed by atoms with E-state index in [1.165, 1.54) is 0 Å². The Morgan fingerprint density at radius 1 is 1.15 bits per heavy atom. The molecule has 0 spiro atoms. The van der Waals surface area contributed by atoms with Crippen LogP contribution in [0.4, 0.5) is 5.82 Å². The van der Waals surface area contributed by atoms with Gasteiger partial charge >= 0.3 is 0 Å². The van der Waals surface area contributed by atoms with Crippen LogP contribution in [0, 0.1) is 6.92 Å². The standard InChI is InChI=1S/C28H33N3O3/c1-3-34-17-9-15-29-28(33)25-13-8-16-31(25)27-19-21(22-11-5-4-10-20(22)2)18-24(30-27)23-12-6-7-14-26(23)32/h4-7,10-12,14,18-19,25,32H,3,8-9,13,15-17H2,1-2H3,(H,29,33)/t25-/m0/s1. The van der Waals surface area contributed by atoms with Crippen LogP contribution in [0.1, 0.15) is 31.7 Å².